The molecule has 24 heavy (non-hydrogen) atoms. The first kappa shape index (κ1) is 16.5. The van der Waals surface area contributed by atoms with E-state index in [2.05, 4.69) is 5.32 Å². The Morgan fingerprint density at radius 2 is 1.96 bits per heavy atom. The molecule has 1 amide bonds. The van der Waals surface area contributed by atoms with Gasteiger partial charge in [-0.15, -0.1) is 0 Å². The van der Waals surface area contributed by atoms with Crippen molar-refractivity contribution in [3.05, 3.63) is 66.6 Å². The van der Waals surface area contributed by atoms with Crippen LogP contribution in [0.1, 0.15) is 5.76 Å². The second kappa shape index (κ2) is 8.45. The molecule has 0 bridgehead atoms. The zero-order chi connectivity index (χ0) is 16.6. The molecule has 4 nitrogen and oxygen atoms in total. The molecule has 1 aromatic heterocycles. The Labute approximate surface area is 145 Å². The van der Waals surface area contributed by atoms with E-state index in [0.29, 0.717) is 6.54 Å². The fourth-order valence-corrected chi connectivity index (χ4v) is 3.10. The summed E-state index contributed by atoms with van der Waals surface area (Å²) in [6, 6.07) is 17.6. The van der Waals surface area contributed by atoms with Crippen LogP contribution in [0.3, 0.4) is 0 Å². The maximum atomic E-state index is 11.9. The summed E-state index contributed by atoms with van der Waals surface area (Å²) in [5, 5.41) is 4.98. The van der Waals surface area contributed by atoms with Crippen LogP contribution in [0, 0.1) is 0 Å². The molecule has 0 aliphatic carbocycles. The zero-order valence-corrected chi connectivity index (χ0v) is 14.1. The third-order valence-corrected chi connectivity index (χ3v) is 4.48. The van der Waals surface area contributed by atoms with Crippen molar-refractivity contribution in [1.82, 2.24) is 5.32 Å². The molecule has 1 heterocycles. The van der Waals surface area contributed by atoms with Crippen molar-refractivity contribution in [1.29, 1.82) is 0 Å². The van der Waals surface area contributed by atoms with Crippen LogP contribution in [0.25, 0.3) is 10.8 Å². The molecule has 1 N–H and O–H groups in total. The van der Waals surface area contributed by atoms with Gasteiger partial charge in [0.2, 0.25) is 0 Å². The van der Waals surface area contributed by atoms with Crippen molar-refractivity contribution in [2.45, 2.75) is 5.75 Å². The predicted molar refractivity (Wildman–Crippen MR) is 97.3 cm³/mol. The first-order valence-corrected chi connectivity index (χ1v) is 8.96. The Kier molecular flexibility index (Phi) is 5.80. The van der Waals surface area contributed by atoms with Crippen LogP contribution in [-0.4, -0.2) is 24.8 Å². The van der Waals surface area contributed by atoms with E-state index in [4.69, 9.17) is 9.15 Å². The summed E-state index contributed by atoms with van der Waals surface area (Å²) in [7, 11) is 0. The largest absolute Gasteiger partial charge is 0.483 e. The average molecular weight is 341 g/mol. The van der Waals surface area contributed by atoms with Gasteiger partial charge in [0.1, 0.15) is 11.5 Å². The number of furan rings is 1. The minimum atomic E-state index is -0.110. The summed E-state index contributed by atoms with van der Waals surface area (Å²) in [5.41, 5.74) is 0. The summed E-state index contributed by atoms with van der Waals surface area (Å²) >= 11 is 1.72. The van der Waals surface area contributed by atoms with Crippen LogP contribution in [-0.2, 0) is 10.5 Å². The van der Waals surface area contributed by atoms with E-state index in [1.807, 2.05) is 54.6 Å². The topological polar surface area (TPSA) is 51.5 Å². The van der Waals surface area contributed by atoms with Gasteiger partial charge in [0, 0.05) is 17.7 Å². The number of amides is 1. The van der Waals surface area contributed by atoms with Gasteiger partial charge in [-0.05, 0) is 23.6 Å². The van der Waals surface area contributed by atoms with Gasteiger partial charge in [-0.1, -0.05) is 36.4 Å². The van der Waals surface area contributed by atoms with Crippen molar-refractivity contribution in [3.8, 4) is 5.75 Å². The lowest BCUT2D eigenvalue weighted by atomic mass is 10.1. The van der Waals surface area contributed by atoms with Gasteiger partial charge < -0.3 is 14.5 Å². The molecule has 0 saturated heterocycles. The summed E-state index contributed by atoms with van der Waals surface area (Å²) in [6.07, 6.45) is 1.67. The number of benzene rings is 2. The highest BCUT2D eigenvalue weighted by Gasteiger charge is 2.05. The number of carbonyl (C=O) groups is 1. The van der Waals surface area contributed by atoms with Gasteiger partial charge in [-0.2, -0.15) is 11.8 Å². The van der Waals surface area contributed by atoms with E-state index in [0.717, 1.165) is 33.8 Å². The van der Waals surface area contributed by atoms with Crippen LogP contribution in [0.2, 0.25) is 0 Å². The van der Waals surface area contributed by atoms with Crippen molar-refractivity contribution >= 4 is 28.4 Å². The normalized spacial score (nSPS) is 10.7. The van der Waals surface area contributed by atoms with Crippen LogP contribution in [0.15, 0.2) is 65.3 Å². The molecule has 0 aliphatic rings. The van der Waals surface area contributed by atoms with Crippen LogP contribution in [0.5, 0.6) is 5.75 Å². The molecule has 0 unspecified atom stereocenters. The van der Waals surface area contributed by atoms with E-state index in [1.54, 1.807) is 18.0 Å². The van der Waals surface area contributed by atoms with Gasteiger partial charge in [0.15, 0.2) is 6.61 Å². The minimum absolute atomic E-state index is 0.0247. The number of thioether (sulfide) groups is 1. The summed E-state index contributed by atoms with van der Waals surface area (Å²) in [6.45, 7) is 0.639. The maximum Gasteiger partial charge on any atom is 0.257 e. The fraction of sp³-hybridized carbons (Fsp3) is 0.211. The summed E-state index contributed by atoms with van der Waals surface area (Å²) in [4.78, 5) is 11.9. The molecular weight excluding hydrogens is 322 g/mol. The third-order valence-electron chi connectivity index (χ3n) is 3.50. The second-order valence-electron chi connectivity index (χ2n) is 5.25. The van der Waals surface area contributed by atoms with Gasteiger partial charge in [-0.3, -0.25) is 4.79 Å². The smallest absolute Gasteiger partial charge is 0.257 e. The Morgan fingerprint density at radius 3 is 2.83 bits per heavy atom. The molecule has 0 atom stereocenters. The van der Waals surface area contributed by atoms with Crippen LogP contribution in [0.4, 0.5) is 0 Å². The Bertz CT molecular complexity index is 781. The Hall–Kier alpha value is -2.40. The number of hydrogen-bond acceptors (Lipinski definition) is 4. The predicted octanol–water partition coefficient (Wildman–Crippen LogP) is 3.86. The number of hydrogen-bond donors (Lipinski definition) is 1. The minimum Gasteiger partial charge on any atom is -0.483 e. The third kappa shape index (κ3) is 4.55. The van der Waals surface area contributed by atoms with Gasteiger partial charge >= 0.3 is 0 Å². The highest BCUT2D eigenvalue weighted by molar-refractivity contribution is 7.98. The quantitative estimate of drug-likeness (QED) is 0.632. The van der Waals surface area contributed by atoms with E-state index < -0.39 is 0 Å². The number of ether oxygens (including phenoxy) is 1. The lowest BCUT2D eigenvalue weighted by Crippen LogP contribution is -2.30. The van der Waals surface area contributed by atoms with Crippen LogP contribution >= 0.6 is 11.8 Å². The summed E-state index contributed by atoms with van der Waals surface area (Å²) in [5.74, 6) is 3.22. The molecule has 3 rings (SSSR count). The molecule has 0 saturated carbocycles. The molecule has 3 aromatic rings. The van der Waals surface area contributed by atoms with E-state index in [1.165, 1.54) is 0 Å². The maximum absolute atomic E-state index is 11.9. The summed E-state index contributed by atoms with van der Waals surface area (Å²) < 4.78 is 10.9. The lowest BCUT2D eigenvalue weighted by molar-refractivity contribution is -0.122. The molecule has 0 aliphatic heterocycles. The fourth-order valence-electron chi connectivity index (χ4n) is 2.35. The zero-order valence-electron chi connectivity index (χ0n) is 13.2. The highest BCUT2D eigenvalue weighted by atomic mass is 32.2. The van der Waals surface area contributed by atoms with Crippen molar-refractivity contribution in [2.24, 2.45) is 0 Å². The second-order valence-corrected chi connectivity index (χ2v) is 6.35. The number of carbonyl (C=O) groups excluding carboxylic acids is 1. The number of rotatable bonds is 8. The Morgan fingerprint density at radius 1 is 1.08 bits per heavy atom. The van der Waals surface area contributed by atoms with Gasteiger partial charge in [0.25, 0.3) is 5.91 Å². The molecule has 124 valence electrons. The van der Waals surface area contributed by atoms with E-state index in [9.17, 15) is 4.79 Å². The van der Waals surface area contributed by atoms with Gasteiger partial charge in [-0.25, -0.2) is 0 Å². The monoisotopic (exact) mass is 341 g/mol. The molecule has 0 spiro atoms. The SMILES string of the molecule is O=C(COc1cccc2ccccc12)NCCSCc1ccco1. The molecule has 2 aromatic carbocycles. The first-order chi connectivity index (χ1) is 11.8. The molecule has 0 radical (unpaired) electrons. The Balaban J connectivity index is 1.39. The number of nitrogens with one attached hydrogen (secondary N) is 1. The van der Waals surface area contributed by atoms with E-state index in [-0.39, 0.29) is 12.5 Å². The van der Waals surface area contributed by atoms with Gasteiger partial charge in [0.05, 0.1) is 12.0 Å². The average Bonchev–Trinajstić information content (AvgIpc) is 3.13. The van der Waals surface area contributed by atoms with Crippen molar-refractivity contribution in [3.63, 3.8) is 0 Å². The number of fused-ring (bicyclic) bond motifs is 1. The highest BCUT2D eigenvalue weighted by Crippen LogP contribution is 2.24. The molecule has 0 fully saturated rings. The molecular formula is C19H19NO3S. The first-order valence-electron chi connectivity index (χ1n) is 7.80. The molecule has 5 heteroatoms. The standard InChI is InChI=1S/C19H19NO3S/c21-19(20-10-12-24-14-16-7-4-11-22-16)13-23-18-9-3-6-15-5-1-2-8-17(15)18/h1-9,11H,10,12-14H2,(H,20,21). The van der Waals surface area contributed by atoms with Crippen molar-refractivity contribution in [2.75, 3.05) is 18.9 Å². The van der Waals surface area contributed by atoms with Crippen LogP contribution < -0.4 is 10.1 Å². The van der Waals surface area contributed by atoms with E-state index >= 15 is 0 Å². The lowest BCUT2D eigenvalue weighted by Gasteiger charge is -2.09. The van der Waals surface area contributed by atoms with Crippen molar-refractivity contribution < 1.29 is 13.9 Å².